The first kappa shape index (κ1) is 10.7. The fraction of sp³-hybridized carbons (Fsp3) is 0.500. The van der Waals surface area contributed by atoms with Crippen molar-refractivity contribution in [1.82, 2.24) is 9.55 Å². The minimum absolute atomic E-state index is 0.265. The third-order valence-electron chi connectivity index (χ3n) is 1.78. The lowest BCUT2D eigenvalue weighted by atomic mass is 10.1. The Kier molecular flexibility index (Phi) is 3.21. The second-order valence-electron chi connectivity index (χ2n) is 3.07. The molecule has 0 amide bonds. The molecule has 1 rings (SSSR count). The second-order valence-corrected chi connectivity index (χ2v) is 3.07. The molecular formula is C8H12N2O4. The van der Waals surface area contributed by atoms with Crippen LogP contribution in [-0.2, 0) is 11.8 Å². The van der Waals surface area contributed by atoms with Crippen LogP contribution < -0.4 is 0 Å². The molecular weight excluding hydrogens is 188 g/mol. The maximum absolute atomic E-state index is 10.3. The number of imidazole rings is 1. The number of rotatable bonds is 4. The zero-order valence-corrected chi connectivity index (χ0v) is 7.66. The molecule has 1 heterocycles. The summed E-state index contributed by atoms with van der Waals surface area (Å²) in [4.78, 5) is 14.1. The van der Waals surface area contributed by atoms with Gasteiger partial charge in [0.15, 0.2) is 0 Å². The number of aryl methyl sites for hydroxylation is 1. The van der Waals surface area contributed by atoms with Gasteiger partial charge in [-0.25, -0.2) is 4.98 Å². The van der Waals surface area contributed by atoms with Crippen LogP contribution in [0.1, 0.15) is 18.2 Å². The van der Waals surface area contributed by atoms with E-state index in [0.29, 0.717) is 0 Å². The van der Waals surface area contributed by atoms with E-state index >= 15 is 0 Å². The van der Waals surface area contributed by atoms with Crippen molar-refractivity contribution in [3.63, 3.8) is 0 Å². The van der Waals surface area contributed by atoms with E-state index in [9.17, 15) is 15.0 Å². The number of carboxylic acids is 1. The van der Waals surface area contributed by atoms with Gasteiger partial charge in [-0.3, -0.25) is 4.79 Å². The molecule has 6 nitrogen and oxygen atoms in total. The number of carboxylic acid groups (broad SMARTS) is 1. The summed E-state index contributed by atoms with van der Waals surface area (Å²) in [6.45, 7) is 0. The molecule has 2 unspecified atom stereocenters. The Hall–Kier alpha value is -1.40. The zero-order valence-electron chi connectivity index (χ0n) is 7.66. The summed E-state index contributed by atoms with van der Waals surface area (Å²) < 4.78 is 1.60. The molecule has 0 aliphatic rings. The first-order valence-corrected chi connectivity index (χ1v) is 4.06. The summed E-state index contributed by atoms with van der Waals surface area (Å²) in [5.74, 6) is -1.16. The van der Waals surface area contributed by atoms with Gasteiger partial charge in [0, 0.05) is 13.2 Å². The smallest absolute Gasteiger partial charge is 0.306 e. The molecule has 14 heavy (non-hydrogen) atoms. The number of aliphatic carboxylic acids is 1. The van der Waals surface area contributed by atoms with Crippen LogP contribution in [0.15, 0.2) is 12.5 Å². The normalized spacial score (nSPS) is 15.1. The first-order valence-electron chi connectivity index (χ1n) is 4.06. The van der Waals surface area contributed by atoms with Crippen molar-refractivity contribution in [2.45, 2.75) is 18.6 Å². The van der Waals surface area contributed by atoms with E-state index in [0.717, 1.165) is 0 Å². The number of carbonyl (C=O) groups is 1. The Morgan fingerprint density at radius 3 is 2.71 bits per heavy atom. The molecule has 0 aromatic carbocycles. The van der Waals surface area contributed by atoms with Crippen LogP contribution in [-0.4, -0.2) is 36.9 Å². The number of nitrogens with zero attached hydrogens (tertiary/aromatic N) is 2. The van der Waals surface area contributed by atoms with E-state index in [1.165, 1.54) is 12.5 Å². The van der Waals surface area contributed by atoms with Gasteiger partial charge in [0.05, 0.1) is 24.5 Å². The molecule has 1 aromatic rings. The lowest BCUT2D eigenvalue weighted by Gasteiger charge is -2.13. The highest BCUT2D eigenvalue weighted by Crippen LogP contribution is 2.16. The van der Waals surface area contributed by atoms with E-state index < -0.39 is 24.6 Å². The topological polar surface area (TPSA) is 95.6 Å². The molecule has 3 N–H and O–H groups in total. The van der Waals surface area contributed by atoms with Crippen LogP contribution in [0.4, 0.5) is 0 Å². The Labute approximate surface area is 80.4 Å². The van der Waals surface area contributed by atoms with E-state index in [4.69, 9.17) is 5.11 Å². The van der Waals surface area contributed by atoms with E-state index in [2.05, 4.69) is 4.98 Å². The van der Waals surface area contributed by atoms with Gasteiger partial charge >= 0.3 is 5.97 Å². The largest absolute Gasteiger partial charge is 0.481 e. The Morgan fingerprint density at radius 2 is 2.29 bits per heavy atom. The molecule has 0 spiro atoms. The van der Waals surface area contributed by atoms with Crippen molar-refractivity contribution in [3.8, 4) is 0 Å². The van der Waals surface area contributed by atoms with Crippen molar-refractivity contribution in [1.29, 1.82) is 0 Å². The van der Waals surface area contributed by atoms with Crippen molar-refractivity contribution < 1.29 is 20.1 Å². The van der Waals surface area contributed by atoms with Gasteiger partial charge in [-0.2, -0.15) is 0 Å². The standard InChI is InChI=1S/C8H12N2O4/c1-10-3-5(9-4-10)8(14)6(11)2-7(12)13/h3-4,6,8,11,14H,2H2,1H3,(H,12,13). The molecule has 0 aliphatic heterocycles. The fourth-order valence-electron chi connectivity index (χ4n) is 1.07. The fourth-order valence-corrected chi connectivity index (χ4v) is 1.07. The van der Waals surface area contributed by atoms with E-state index in [1.54, 1.807) is 11.6 Å². The van der Waals surface area contributed by atoms with Gasteiger partial charge in [0.1, 0.15) is 6.10 Å². The lowest BCUT2D eigenvalue weighted by molar-refractivity contribution is -0.141. The highest BCUT2D eigenvalue weighted by atomic mass is 16.4. The Morgan fingerprint density at radius 1 is 1.64 bits per heavy atom. The number of aliphatic hydroxyl groups excluding tert-OH is 2. The minimum Gasteiger partial charge on any atom is -0.481 e. The third-order valence-corrected chi connectivity index (χ3v) is 1.78. The SMILES string of the molecule is Cn1cnc(C(O)C(O)CC(=O)O)c1. The molecule has 78 valence electrons. The summed E-state index contributed by atoms with van der Waals surface area (Å²) in [7, 11) is 1.72. The van der Waals surface area contributed by atoms with Crippen molar-refractivity contribution in [2.24, 2.45) is 7.05 Å². The summed E-state index contributed by atoms with van der Waals surface area (Å²) in [6.07, 6.45) is -0.103. The Balaban J connectivity index is 2.65. The van der Waals surface area contributed by atoms with Crippen LogP contribution in [0.2, 0.25) is 0 Å². The molecule has 2 atom stereocenters. The van der Waals surface area contributed by atoms with Crippen LogP contribution in [0.25, 0.3) is 0 Å². The quantitative estimate of drug-likeness (QED) is 0.596. The maximum Gasteiger partial charge on any atom is 0.306 e. The van der Waals surface area contributed by atoms with Crippen LogP contribution in [0.3, 0.4) is 0 Å². The Bertz CT molecular complexity index is 323. The molecule has 6 heteroatoms. The van der Waals surface area contributed by atoms with Gasteiger partial charge < -0.3 is 19.9 Å². The van der Waals surface area contributed by atoms with Gasteiger partial charge in [-0.1, -0.05) is 0 Å². The highest BCUT2D eigenvalue weighted by Gasteiger charge is 2.22. The molecule has 0 fully saturated rings. The van der Waals surface area contributed by atoms with Gasteiger partial charge in [0.2, 0.25) is 0 Å². The van der Waals surface area contributed by atoms with Crippen LogP contribution in [0.5, 0.6) is 0 Å². The second kappa shape index (κ2) is 4.21. The molecule has 0 radical (unpaired) electrons. The predicted molar refractivity (Wildman–Crippen MR) is 46.4 cm³/mol. The van der Waals surface area contributed by atoms with E-state index in [-0.39, 0.29) is 5.69 Å². The van der Waals surface area contributed by atoms with Crippen molar-refractivity contribution >= 4 is 5.97 Å². The monoisotopic (exact) mass is 200 g/mol. The average Bonchev–Trinajstić information content (AvgIpc) is 2.49. The number of aromatic nitrogens is 2. The maximum atomic E-state index is 10.3. The zero-order chi connectivity index (χ0) is 10.7. The van der Waals surface area contributed by atoms with Gasteiger partial charge in [-0.15, -0.1) is 0 Å². The summed E-state index contributed by atoms with van der Waals surface area (Å²) in [6, 6.07) is 0. The molecule has 0 bridgehead atoms. The third kappa shape index (κ3) is 2.54. The van der Waals surface area contributed by atoms with Crippen molar-refractivity contribution in [2.75, 3.05) is 0 Å². The summed E-state index contributed by atoms with van der Waals surface area (Å²) >= 11 is 0. The predicted octanol–water partition coefficient (Wildman–Crippen LogP) is -0.711. The first-order chi connectivity index (χ1) is 6.50. The lowest BCUT2D eigenvalue weighted by Crippen LogP contribution is -2.22. The highest BCUT2D eigenvalue weighted by molar-refractivity contribution is 5.67. The molecule has 0 saturated carbocycles. The van der Waals surface area contributed by atoms with Gasteiger partial charge in [0.25, 0.3) is 0 Å². The number of hydrogen-bond acceptors (Lipinski definition) is 4. The van der Waals surface area contributed by atoms with Crippen LogP contribution >= 0.6 is 0 Å². The van der Waals surface area contributed by atoms with Crippen LogP contribution in [0, 0.1) is 0 Å². The average molecular weight is 200 g/mol. The summed E-state index contributed by atoms with van der Waals surface area (Å²) in [5, 5.41) is 27.1. The number of hydrogen-bond donors (Lipinski definition) is 3. The van der Waals surface area contributed by atoms with Gasteiger partial charge in [-0.05, 0) is 0 Å². The molecule has 1 aromatic heterocycles. The summed E-state index contributed by atoms with van der Waals surface area (Å²) in [5.41, 5.74) is 0.265. The molecule has 0 aliphatic carbocycles. The number of aliphatic hydroxyl groups is 2. The minimum atomic E-state index is -1.33. The van der Waals surface area contributed by atoms with E-state index in [1.807, 2.05) is 0 Å². The molecule has 0 saturated heterocycles. The van der Waals surface area contributed by atoms with Crippen molar-refractivity contribution in [3.05, 3.63) is 18.2 Å².